The molecular formula is C13H13ClN4OS. The number of hydrogen-bond acceptors (Lipinski definition) is 5. The van der Waals surface area contributed by atoms with E-state index in [0.717, 1.165) is 21.3 Å². The number of aromatic nitrogens is 3. The third-order valence-electron chi connectivity index (χ3n) is 2.80. The summed E-state index contributed by atoms with van der Waals surface area (Å²) in [6.07, 6.45) is 2.57. The lowest BCUT2D eigenvalue weighted by Crippen LogP contribution is -2.03. The van der Waals surface area contributed by atoms with Crippen molar-refractivity contribution < 1.29 is 5.11 Å². The highest BCUT2D eigenvalue weighted by Crippen LogP contribution is 2.29. The molecule has 0 saturated heterocycles. The molecule has 1 aromatic carbocycles. The van der Waals surface area contributed by atoms with Gasteiger partial charge >= 0.3 is 0 Å². The number of imidazole rings is 1. The Hall–Kier alpha value is -1.63. The molecule has 0 aliphatic heterocycles. The maximum atomic E-state index is 8.75. The Labute approximate surface area is 124 Å². The van der Waals surface area contributed by atoms with Crippen LogP contribution in [0.3, 0.4) is 0 Å². The lowest BCUT2D eigenvalue weighted by atomic mass is 10.2. The average Bonchev–Trinajstić information content (AvgIpc) is 2.97. The first-order valence-corrected chi connectivity index (χ1v) is 7.43. The largest absolute Gasteiger partial charge is 0.396 e. The summed E-state index contributed by atoms with van der Waals surface area (Å²) < 4.78 is 1.74. The minimum Gasteiger partial charge on any atom is -0.396 e. The minimum atomic E-state index is 0.173. The van der Waals surface area contributed by atoms with E-state index in [1.807, 2.05) is 30.5 Å². The van der Waals surface area contributed by atoms with Crippen molar-refractivity contribution in [1.82, 2.24) is 14.6 Å². The van der Waals surface area contributed by atoms with Gasteiger partial charge in [-0.1, -0.05) is 41.1 Å². The quantitative estimate of drug-likeness (QED) is 0.711. The van der Waals surface area contributed by atoms with Crippen molar-refractivity contribution in [2.45, 2.75) is 6.42 Å². The molecule has 2 heterocycles. The molecular weight excluding hydrogens is 296 g/mol. The van der Waals surface area contributed by atoms with Gasteiger partial charge in [0.05, 0.1) is 16.9 Å². The second kappa shape index (κ2) is 5.78. The van der Waals surface area contributed by atoms with Gasteiger partial charge in [0.1, 0.15) is 0 Å². The van der Waals surface area contributed by atoms with Gasteiger partial charge < -0.3 is 10.4 Å². The van der Waals surface area contributed by atoms with Crippen molar-refractivity contribution in [3.05, 3.63) is 35.5 Å². The molecule has 0 spiro atoms. The van der Waals surface area contributed by atoms with Crippen LogP contribution in [0.25, 0.3) is 16.2 Å². The number of rotatable bonds is 5. The van der Waals surface area contributed by atoms with Gasteiger partial charge in [0, 0.05) is 18.7 Å². The van der Waals surface area contributed by atoms with E-state index in [-0.39, 0.29) is 6.61 Å². The number of benzene rings is 1. The minimum absolute atomic E-state index is 0.173. The summed E-state index contributed by atoms with van der Waals surface area (Å²) in [5, 5.41) is 17.8. The van der Waals surface area contributed by atoms with Crippen molar-refractivity contribution in [2.75, 3.05) is 18.5 Å². The molecule has 0 aliphatic rings. The summed E-state index contributed by atoms with van der Waals surface area (Å²) in [7, 11) is 0. The molecule has 2 N–H and O–H groups in total. The average molecular weight is 309 g/mol. The maximum Gasteiger partial charge on any atom is 0.214 e. The first kappa shape index (κ1) is 13.4. The van der Waals surface area contributed by atoms with Gasteiger partial charge in [-0.25, -0.2) is 9.50 Å². The summed E-state index contributed by atoms with van der Waals surface area (Å²) in [4.78, 5) is 5.35. The second-order valence-electron chi connectivity index (χ2n) is 4.24. The van der Waals surface area contributed by atoms with Gasteiger partial charge in [-0.15, -0.1) is 5.10 Å². The highest BCUT2D eigenvalue weighted by Gasteiger charge is 2.11. The predicted octanol–water partition coefficient (Wildman–Crippen LogP) is 2.91. The number of hydrogen-bond donors (Lipinski definition) is 2. The summed E-state index contributed by atoms with van der Waals surface area (Å²) in [5.74, 6) is 0. The van der Waals surface area contributed by atoms with Gasteiger partial charge in [0.2, 0.25) is 10.1 Å². The molecule has 0 radical (unpaired) electrons. The van der Waals surface area contributed by atoms with Gasteiger partial charge in [-0.3, -0.25) is 0 Å². The fourth-order valence-corrected chi connectivity index (χ4v) is 2.88. The number of fused-ring (bicyclic) bond motifs is 1. The van der Waals surface area contributed by atoms with Gasteiger partial charge in [-0.05, 0) is 12.5 Å². The van der Waals surface area contributed by atoms with Crippen LogP contribution in [0.1, 0.15) is 6.42 Å². The van der Waals surface area contributed by atoms with Crippen LogP contribution < -0.4 is 5.32 Å². The number of nitrogens with one attached hydrogen (secondary N) is 1. The topological polar surface area (TPSA) is 62.5 Å². The van der Waals surface area contributed by atoms with Crippen LogP contribution in [0.2, 0.25) is 5.02 Å². The van der Waals surface area contributed by atoms with Crippen molar-refractivity contribution in [2.24, 2.45) is 0 Å². The van der Waals surface area contributed by atoms with Crippen LogP contribution in [0, 0.1) is 0 Å². The highest BCUT2D eigenvalue weighted by molar-refractivity contribution is 7.20. The Kier molecular flexibility index (Phi) is 3.86. The molecule has 0 bridgehead atoms. The van der Waals surface area contributed by atoms with Crippen LogP contribution in [-0.4, -0.2) is 32.9 Å². The summed E-state index contributed by atoms with van der Waals surface area (Å²) >= 11 is 7.64. The van der Waals surface area contributed by atoms with E-state index in [1.54, 1.807) is 4.52 Å². The molecule has 0 amide bonds. The fourth-order valence-electron chi connectivity index (χ4n) is 1.84. The van der Waals surface area contributed by atoms with E-state index >= 15 is 0 Å². The summed E-state index contributed by atoms with van der Waals surface area (Å²) in [6, 6.07) is 7.62. The number of aliphatic hydroxyl groups is 1. The molecule has 0 atom stereocenters. The molecule has 20 heavy (non-hydrogen) atoms. The normalized spacial score (nSPS) is 11.1. The Morgan fingerprint density at radius 3 is 2.95 bits per heavy atom. The van der Waals surface area contributed by atoms with E-state index in [0.29, 0.717) is 18.0 Å². The Bertz CT molecular complexity index is 693. The molecule has 0 aliphatic carbocycles. The third kappa shape index (κ3) is 2.63. The molecule has 3 aromatic rings. The molecule has 5 nitrogen and oxygen atoms in total. The molecule has 0 unspecified atom stereocenters. The third-order valence-corrected chi connectivity index (χ3v) is 4.01. The van der Waals surface area contributed by atoms with E-state index < -0.39 is 0 Å². The number of anilines is 1. The SMILES string of the molecule is OCCCNc1nn2cc(-c3ccccc3Cl)nc2s1. The van der Waals surface area contributed by atoms with E-state index in [1.165, 1.54) is 11.3 Å². The predicted molar refractivity (Wildman–Crippen MR) is 81.5 cm³/mol. The maximum absolute atomic E-state index is 8.75. The van der Waals surface area contributed by atoms with Crippen LogP contribution >= 0.6 is 22.9 Å². The molecule has 0 fully saturated rings. The first-order valence-electron chi connectivity index (χ1n) is 6.24. The second-order valence-corrected chi connectivity index (χ2v) is 5.61. The van der Waals surface area contributed by atoms with E-state index in [2.05, 4.69) is 15.4 Å². The lowest BCUT2D eigenvalue weighted by molar-refractivity contribution is 0.292. The van der Waals surface area contributed by atoms with Crippen LogP contribution in [0.4, 0.5) is 5.13 Å². The van der Waals surface area contributed by atoms with Gasteiger partial charge in [0.15, 0.2) is 0 Å². The van der Waals surface area contributed by atoms with Crippen molar-refractivity contribution in [1.29, 1.82) is 0 Å². The number of halogens is 1. The zero-order chi connectivity index (χ0) is 13.9. The van der Waals surface area contributed by atoms with Crippen LogP contribution in [0.15, 0.2) is 30.5 Å². The summed E-state index contributed by atoms with van der Waals surface area (Å²) in [5.41, 5.74) is 1.72. The Balaban J connectivity index is 1.86. The monoisotopic (exact) mass is 308 g/mol. The molecule has 3 rings (SSSR count). The van der Waals surface area contributed by atoms with Crippen LogP contribution in [-0.2, 0) is 0 Å². The number of aliphatic hydroxyl groups excluding tert-OH is 1. The summed E-state index contributed by atoms with van der Waals surface area (Å²) in [6.45, 7) is 0.872. The van der Waals surface area contributed by atoms with E-state index in [9.17, 15) is 0 Å². The molecule has 104 valence electrons. The van der Waals surface area contributed by atoms with Crippen molar-refractivity contribution in [3.8, 4) is 11.3 Å². The molecule has 2 aromatic heterocycles. The zero-order valence-electron chi connectivity index (χ0n) is 10.6. The standard InChI is InChI=1S/C13H13ClN4OS/c14-10-5-2-1-4-9(10)11-8-18-13(16-11)20-12(17-18)15-6-3-7-19/h1-2,4-5,8,19H,3,6-7H2,(H,15,17). The van der Waals surface area contributed by atoms with Gasteiger partial charge in [-0.2, -0.15) is 0 Å². The highest BCUT2D eigenvalue weighted by atomic mass is 35.5. The van der Waals surface area contributed by atoms with Gasteiger partial charge in [0.25, 0.3) is 0 Å². The van der Waals surface area contributed by atoms with E-state index in [4.69, 9.17) is 16.7 Å². The Morgan fingerprint density at radius 1 is 1.35 bits per heavy atom. The molecule has 7 heteroatoms. The van der Waals surface area contributed by atoms with Crippen molar-refractivity contribution >= 4 is 33.0 Å². The zero-order valence-corrected chi connectivity index (χ0v) is 12.2. The lowest BCUT2D eigenvalue weighted by Gasteiger charge is -1.99. The Morgan fingerprint density at radius 2 is 2.20 bits per heavy atom. The van der Waals surface area contributed by atoms with Crippen molar-refractivity contribution in [3.63, 3.8) is 0 Å². The first-order chi connectivity index (χ1) is 9.78. The van der Waals surface area contributed by atoms with Crippen LogP contribution in [0.5, 0.6) is 0 Å². The number of nitrogens with zero attached hydrogens (tertiary/aromatic N) is 3. The fraction of sp³-hybridized carbons (Fsp3) is 0.231. The smallest absolute Gasteiger partial charge is 0.214 e. The molecule has 0 saturated carbocycles.